The molecule has 0 heterocycles. The van der Waals surface area contributed by atoms with Crippen molar-refractivity contribution >= 4 is 28.5 Å². The van der Waals surface area contributed by atoms with Crippen LogP contribution in [0.3, 0.4) is 0 Å². The average molecular weight is 301 g/mol. The number of fused-ring (bicyclic) bond motifs is 1. The summed E-state index contributed by atoms with van der Waals surface area (Å²) in [6.45, 7) is 3.74. The highest BCUT2D eigenvalue weighted by atomic mass is 32.2. The second-order valence-corrected chi connectivity index (χ2v) is 5.99. The number of hydrogen-bond donors (Lipinski definition) is 2. The summed E-state index contributed by atoms with van der Waals surface area (Å²) < 4.78 is 0. The van der Waals surface area contributed by atoms with Crippen molar-refractivity contribution in [1.29, 1.82) is 0 Å². The summed E-state index contributed by atoms with van der Waals surface area (Å²) >= 11 is 1.91. The van der Waals surface area contributed by atoms with Crippen LogP contribution in [-0.2, 0) is 5.75 Å². The van der Waals surface area contributed by atoms with Gasteiger partial charge in [-0.2, -0.15) is 11.8 Å². The smallest absolute Gasteiger partial charge is 0.188 e. The Labute approximate surface area is 131 Å². The molecule has 2 rings (SSSR count). The van der Waals surface area contributed by atoms with Crippen LogP contribution >= 0.6 is 11.8 Å². The molecule has 0 fully saturated rings. The first kappa shape index (κ1) is 15.7. The highest BCUT2D eigenvalue weighted by molar-refractivity contribution is 7.98. The molecule has 2 aromatic carbocycles. The average Bonchev–Trinajstić information content (AvgIpc) is 2.52. The zero-order valence-corrected chi connectivity index (χ0v) is 13.3. The molecule has 4 heteroatoms. The topological polar surface area (TPSA) is 50.4 Å². The second-order valence-electron chi connectivity index (χ2n) is 4.88. The number of benzene rings is 2. The molecule has 3 N–H and O–H groups in total. The quantitative estimate of drug-likeness (QED) is 0.468. The van der Waals surface area contributed by atoms with Gasteiger partial charge in [0.2, 0.25) is 0 Å². The van der Waals surface area contributed by atoms with Gasteiger partial charge in [-0.05, 0) is 22.8 Å². The summed E-state index contributed by atoms with van der Waals surface area (Å²) in [6, 6.07) is 15.0. The van der Waals surface area contributed by atoms with Crippen LogP contribution in [0, 0.1) is 0 Å². The Morgan fingerprint density at radius 3 is 2.86 bits per heavy atom. The van der Waals surface area contributed by atoms with Gasteiger partial charge in [0, 0.05) is 24.6 Å². The lowest BCUT2D eigenvalue weighted by Gasteiger charge is -2.07. The number of aliphatic imine (C=N–C) groups is 1. The van der Waals surface area contributed by atoms with E-state index in [2.05, 4.69) is 59.7 Å². The van der Waals surface area contributed by atoms with Crippen LogP contribution in [0.2, 0.25) is 0 Å². The molecule has 21 heavy (non-hydrogen) atoms. The minimum Gasteiger partial charge on any atom is -0.370 e. The summed E-state index contributed by atoms with van der Waals surface area (Å²) in [5.41, 5.74) is 7.15. The molecule has 0 radical (unpaired) electrons. The van der Waals surface area contributed by atoms with Gasteiger partial charge in [0.1, 0.15) is 0 Å². The van der Waals surface area contributed by atoms with Gasteiger partial charge in [-0.25, -0.2) is 0 Å². The zero-order chi connectivity index (χ0) is 14.9. The van der Waals surface area contributed by atoms with Gasteiger partial charge in [0.15, 0.2) is 5.96 Å². The fourth-order valence-electron chi connectivity index (χ4n) is 2.14. The molecule has 0 aliphatic heterocycles. The highest BCUT2D eigenvalue weighted by Crippen LogP contribution is 2.22. The van der Waals surface area contributed by atoms with E-state index in [1.54, 1.807) is 0 Å². The Morgan fingerprint density at radius 1 is 1.19 bits per heavy atom. The molecule has 0 aromatic heterocycles. The van der Waals surface area contributed by atoms with E-state index in [4.69, 9.17) is 5.73 Å². The molecule has 0 saturated heterocycles. The predicted molar refractivity (Wildman–Crippen MR) is 94.9 cm³/mol. The summed E-state index contributed by atoms with van der Waals surface area (Å²) in [7, 11) is 0. The van der Waals surface area contributed by atoms with Crippen LogP contribution in [0.25, 0.3) is 10.8 Å². The van der Waals surface area contributed by atoms with Crippen LogP contribution in [0.5, 0.6) is 0 Å². The van der Waals surface area contributed by atoms with Crippen LogP contribution < -0.4 is 11.1 Å². The third-order valence-electron chi connectivity index (χ3n) is 3.20. The third kappa shape index (κ3) is 4.97. The Balaban J connectivity index is 1.78. The van der Waals surface area contributed by atoms with E-state index in [0.717, 1.165) is 31.0 Å². The number of nitrogens with two attached hydrogens (primary N) is 1. The van der Waals surface area contributed by atoms with Crippen LogP contribution in [0.15, 0.2) is 47.5 Å². The van der Waals surface area contributed by atoms with E-state index >= 15 is 0 Å². The van der Waals surface area contributed by atoms with Gasteiger partial charge in [-0.3, -0.25) is 4.99 Å². The molecule has 2 aromatic rings. The van der Waals surface area contributed by atoms with E-state index in [1.807, 2.05) is 11.8 Å². The molecule has 112 valence electrons. The molecule has 0 aliphatic rings. The second kappa shape index (κ2) is 8.57. The van der Waals surface area contributed by atoms with Crippen LogP contribution in [0.4, 0.5) is 0 Å². The third-order valence-corrected chi connectivity index (χ3v) is 4.20. The highest BCUT2D eigenvalue weighted by Gasteiger charge is 2.00. The minimum atomic E-state index is 0.558. The van der Waals surface area contributed by atoms with E-state index in [1.165, 1.54) is 16.3 Å². The number of rotatable bonds is 7. The van der Waals surface area contributed by atoms with Gasteiger partial charge in [0.25, 0.3) is 0 Å². The summed E-state index contributed by atoms with van der Waals surface area (Å²) in [5.74, 6) is 2.60. The molecule has 0 bridgehead atoms. The fraction of sp³-hybridized carbons (Fsp3) is 0.353. The SMILES string of the molecule is CCCN=C(N)NCCSCc1cccc2ccccc12. The van der Waals surface area contributed by atoms with Gasteiger partial charge < -0.3 is 11.1 Å². The molecule has 0 aliphatic carbocycles. The molecule has 3 nitrogen and oxygen atoms in total. The van der Waals surface area contributed by atoms with Crippen molar-refractivity contribution in [3.63, 3.8) is 0 Å². The zero-order valence-electron chi connectivity index (χ0n) is 12.5. The van der Waals surface area contributed by atoms with Crippen molar-refractivity contribution in [3.8, 4) is 0 Å². The molecular formula is C17H23N3S. The molecule has 0 unspecified atom stereocenters. The largest absolute Gasteiger partial charge is 0.370 e. The minimum absolute atomic E-state index is 0.558. The lowest BCUT2D eigenvalue weighted by Crippen LogP contribution is -2.33. The lowest BCUT2D eigenvalue weighted by molar-refractivity contribution is 0.892. The van der Waals surface area contributed by atoms with Crippen molar-refractivity contribution in [2.75, 3.05) is 18.8 Å². The summed E-state index contributed by atoms with van der Waals surface area (Å²) in [5, 5.41) is 5.81. The monoisotopic (exact) mass is 301 g/mol. The molecule has 0 atom stereocenters. The first-order valence-corrected chi connectivity index (χ1v) is 8.55. The number of nitrogens with zero attached hydrogens (tertiary/aromatic N) is 1. The Morgan fingerprint density at radius 2 is 2.00 bits per heavy atom. The van der Waals surface area contributed by atoms with Crippen LogP contribution in [0.1, 0.15) is 18.9 Å². The van der Waals surface area contributed by atoms with Crippen molar-refractivity contribution in [3.05, 3.63) is 48.0 Å². The number of hydrogen-bond acceptors (Lipinski definition) is 2. The van der Waals surface area contributed by atoms with E-state index in [0.29, 0.717) is 5.96 Å². The van der Waals surface area contributed by atoms with E-state index < -0.39 is 0 Å². The normalized spacial score (nSPS) is 11.8. The van der Waals surface area contributed by atoms with Gasteiger partial charge in [0.05, 0.1) is 0 Å². The number of thioether (sulfide) groups is 1. The first-order chi connectivity index (χ1) is 10.3. The maximum absolute atomic E-state index is 5.76. The van der Waals surface area contributed by atoms with Crippen LogP contribution in [-0.4, -0.2) is 24.8 Å². The fourth-order valence-corrected chi connectivity index (χ4v) is 3.00. The first-order valence-electron chi connectivity index (χ1n) is 7.39. The standard InChI is InChI=1S/C17H23N3S/c1-2-10-19-17(18)20-11-12-21-13-15-8-5-7-14-6-3-4-9-16(14)15/h3-9H,2,10-13H2,1H3,(H3,18,19,20). The van der Waals surface area contributed by atoms with E-state index in [9.17, 15) is 0 Å². The van der Waals surface area contributed by atoms with Crippen molar-refractivity contribution in [1.82, 2.24) is 5.32 Å². The maximum atomic E-state index is 5.76. The van der Waals surface area contributed by atoms with Crippen molar-refractivity contribution < 1.29 is 0 Å². The Hall–Kier alpha value is -1.68. The van der Waals surface area contributed by atoms with Crippen molar-refractivity contribution in [2.45, 2.75) is 19.1 Å². The van der Waals surface area contributed by atoms with Gasteiger partial charge in [-0.1, -0.05) is 49.4 Å². The number of nitrogens with one attached hydrogen (secondary N) is 1. The molecule has 0 amide bonds. The van der Waals surface area contributed by atoms with E-state index in [-0.39, 0.29) is 0 Å². The summed E-state index contributed by atoms with van der Waals surface area (Å²) in [4.78, 5) is 4.21. The predicted octanol–water partition coefficient (Wildman–Crippen LogP) is 3.39. The Kier molecular flexibility index (Phi) is 6.41. The van der Waals surface area contributed by atoms with Gasteiger partial charge >= 0.3 is 0 Å². The maximum Gasteiger partial charge on any atom is 0.188 e. The summed E-state index contributed by atoms with van der Waals surface area (Å²) in [6.07, 6.45) is 1.03. The lowest BCUT2D eigenvalue weighted by atomic mass is 10.1. The van der Waals surface area contributed by atoms with Gasteiger partial charge in [-0.15, -0.1) is 0 Å². The Bertz CT molecular complexity index is 590. The molecule has 0 saturated carbocycles. The van der Waals surface area contributed by atoms with Crippen molar-refractivity contribution in [2.24, 2.45) is 10.7 Å². The number of guanidine groups is 1. The molecular weight excluding hydrogens is 278 g/mol. The molecule has 0 spiro atoms.